The molecule has 1 fully saturated rings. The molecule has 2 atom stereocenters. The minimum Gasteiger partial charge on any atom is -0.349 e. The van der Waals surface area contributed by atoms with Crippen LogP contribution in [-0.4, -0.2) is 31.1 Å². The van der Waals surface area contributed by atoms with Gasteiger partial charge in [0.05, 0.1) is 11.1 Å². The first-order valence-corrected chi connectivity index (χ1v) is 13.1. The molecule has 0 bridgehead atoms. The number of hydrogen-bond acceptors (Lipinski definition) is 4. The molecule has 3 aromatic heterocycles. The van der Waals surface area contributed by atoms with Crippen molar-refractivity contribution in [2.24, 2.45) is 17.9 Å². The van der Waals surface area contributed by atoms with Gasteiger partial charge in [0.15, 0.2) is 5.65 Å². The van der Waals surface area contributed by atoms with E-state index in [4.69, 9.17) is 4.98 Å². The topological polar surface area (TPSA) is 81.8 Å². The SMILES string of the molecule is Cn1c(=O)n(CC(C)(C)C)c2ccc(C3CCC(C)(C)C(NC(=O)c4cncc5ccccc45)C3)nc21. The second-order valence-electron chi connectivity index (χ2n) is 12.5. The lowest BCUT2D eigenvalue weighted by Crippen LogP contribution is -2.48. The molecule has 0 saturated heterocycles. The molecule has 4 aromatic rings. The second-order valence-corrected chi connectivity index (χ2v) is 12.5. The van der Waals surface area contributed by atoms with Gasteiger partial charge in [-0.3, -0.25) is 18.9 Å². The number of imidazole rings is 1. The van der Waals surface area contributed by atoms with Crippen LogP contribution in [0.4, 0.5) is 0 Å². The van der Waals surface area contributed by atoms with Crippen molar-refractivity contribution in [2.45, 2.75) is 72.4 Å². The van der Waals surface area contributed by atoms with E-state index >= 15 is 0 Å². The number of nitrogens with zero attached hydrogens (tertiary/aromatic N) is 4. The van der Waals surface area contributed by atoms with Crippen LogP contribution < -0.4 is 11.0 Å². The molecule has 1 aliphatic carbocycles. The highest BCUT2D eigenvalue weighted by Crippen LogP contribution is 2.42. The summed E-state index contributed by atoms with van der Waals surface area (Å²) in [6.45, 7) is 11.5. The Hall–Kier alpha value is -3.48. The molecular weight excluding hydrogens is 462 g/mol. The Morgan fingerprint density at radius 2 is 1.89 bits per heavy atom. The lowest BCUT2D eigenvalue weighted by molar-refractivity contribution is 0.0838. The number of hydrogen-bond donors (Lipinski definition) is 1. The summed E-state index contributed by atoms with van der Waals surface area (Å²) in [6.07, 6.45) is 6.20. The third kappa shape index (κ3) is 4.79. The van der Waals surface area contributed by atoms with E-state index in [-0.39, 0.29) is 34.4 Å². The smallest absolute Gasteiger partial charge is 0.330 e. The summed E-state index contributed by atoms with van der Waals surface area (Å²) in [7, 11) is 1.80. The molecule has 0 aliphatic heterocycles. The lowest BCUT2D eigenvalue weighted by atomic mass is 9.68. The number of amides is 1. The van der Waals surface area contributed by atoms with Crippen molar-refractivity contribution in [3.05, 3.63) is 70.5 Å². The largest absolute Gasteiger partial charge is 0.349 e. The van der Waals surface area contributed by atoms with Crippen LogP contribution in [-0.2, 0) is 13.6 Å². The number of aryl methyl sites for hydroxylation is 1. The normalized spacial score (nSPS) is 19.8. The van der Waals surface area contributed by atoms with Crippen LogP contribution in [0.15, 0.2) is 53.6 Å². The van der Waals surface area contributed by atoms with E-state index in [1.807, 2.05) is 34.9 Å². The Kier molecular flexibility index (Phi) is 6.21. The summed E-state index contributed by atoms with van der Waals surface area (Å²) >= 11 is 0. The molecule has 1 saturated carbocycles. The molecular formula is C30H37N5O2. The third-order valence-corrected chi connectivity index (χ3v) is 7.87. The fourth-order valence-corrected chi connectivity index (χ4v) is 5.64. The number of pyridine rings is 2. The first kappa shape index (κ1) is 25.2. The molecule has 1 N–H and O–H groups in total. The highest BCUT2D eigenvalue weighted by molar-refractivity contribution is 6.06. The molecule has 0 radical (unpaired) electrons. The van der Waals surface area contributed by atoms with Crippen LogP contribution in [0, 0.1) is 10.8 Å². The van der Waals surface area contributed by atoms with Gasteiger partial charge in [-0.1, -0.05) is 58.9 Å². The number of fused-ring (bicyclic) bond motifs is 2. The number of nitrogens with one attached hydrogen (secondary N) is 1. The predicted octanol–water partition coefficient (Wildman–Crippen LogP) is 5.42. The van der Waals surface area contributed by atoms with Crippen molar-refractivity contribution in [1.82, 2.24) is 24.4 Å². The Morgan fingerprint density at radius 1 is 1.14 bits per heavy atom. The van der Waals surface area contributed by atoms with E-state index in [2.05, 4.69) is 51.0 Å². The molecule has 2 unspecified atom stereocenters. The van der Waals surface area contributed by atoms with Crippen LogP contribution in [0.5, 0.6) is 0 Å². The zero-order valence-electron chi connectivity index (χ0n) is 22.7. The van der Waals surface area contributed by atoms with Crippen LogP contribution in [0.1, 0.15) is 75.9 Å². The number of rotatable bonds is 4. The Bertz CT molecular complexity index is 1530. The van der Waals surface area contributed by atoms with Gasteiger partial charge in [0.2, 0.25) is 0 Å². The summed E-state index contributed by atoms with van der Waals surface area (Å²) < 4.78 is 3.49. The van der Waals surface area contributed by atoms with Gasteiger partial charge in [-0.15, -0.1) is 0 Å². The summed E-state index contributed by atoms with van der Waals surface area (Å²) in [6, 6.07) is 11.9. The first-order valence-electron chi connectivity index (χ1n) is 13.1. The molecule has 7 heteroatoms. The van der Waals surface area contributed by atoms with Crippen LogP contribution >= 0.6 is 0 Å². The van der Waals surface area contributed by atoms with Crippen LogP contribution in [0.2, 0.25) is 0 Å². The van der Waals surface area contributed by atoms with E-state index in [0.29, 0.717) is 12.1 Å². The van der Waals surface area contributed by atoms with Gasteiger partial charge in [-0.05, 0) is 47.6 Å². The molecule has 1 aliphatic rings. The molecule has 7 nitrogen and oxygen atoms in total. The van der Waals surface area contributed by atoms with Crippen molar-refractivity contribution < 1.29 is 4.79 Å². The number of carbonyl (C=O) groups is 1. The number of benzene rings is 1. The van der Waals surface area contributed by atoms with Gasteiger partial charge in [-0.2, -0.15) is 0 Å². The van der Waals surface area contributed by atoms with Crippen molar-refractivity contribution in [1.29, 1.82) is 0 Å². The monoisotopic (exact) mass is 499 g/mol. The summed E-state index contributed by atoms with van der Waals surface area (Å²) in [4.78, 5) is 35.7. The van der Waals surface area contributed by atoms with Gasteiger partial charge < -0.3 is 5.32 Å². The molecule has 37 heavy (non-hydrogen) atoms. The van der Waals surface area contributed by atoms with Gasteiger partial charge in [0, 0.05) is 49.0 Å². The standard InChI is InChI=1S/C30H37N5O2/c1-29(2,3)18-35-24-12-11-23(32-26(24)34(6)28(35)37)19-13-14-30(4,5)25(15-19)33-27(36)22-17-31-16-20-9-7-8-10-21(20)22/h7-12,16-17,19,25H,13-15,18H2,1-6H3,(H,33,36). The first-order chi connectivity index (χ1) is 17.4. The van der Waals surface area contributed by atoms with Crippen molar-refractivity contribution in [3.63, 3.8) is 0 Å². The van der Waals surface area contributed by atoms with Gasteiger partial charge in [0.1, 0.15) is 0 Å². The minimum atomic E-state index is -0.0897. The average molecular weight is 500 g/mol. The van der Waals surface area contributed by atoms with Crippen LogP contribution in [0.25, 0.3) is 21.9 Å². The van der Waals surface area contributed by atoms with Gasteiger partial charge in [-0.25, -0.2) is 9.78 Å². The zero-order valence-corrected chi connectivity index (χ0v) is 22.7. The minimum absolute atomic E-state index is 0.00970. The maximum atomic E-state index is 13.4. The summed E-state index contributed by atoms with van der Waals surface area (Å²) in [5.41, 5.74) is 3.08. The fraction of sp³-hybridized carbons (Fsp3) is 0.467. The second kappa shape index (κ2) is 9.12. The van der Waals surface area contributed by atoms with Crippen molar-refractivity contribution in [2.75, 3.05) is 0 Å². The number of carbonyl (C=O) groups excluding carboxylic acids is 1. The van der Waals surface area contributed by atoms with Gasteiger partial charge >= 0.3 is 5.69 Å². The highest BCUT2D eigenvalue weighted by atomic mass is 16.2. The van der Waals surface area contributed by atoms with E-state index in [0.717, 1.165) is 46.9 Å². The Balaban J connectivity index is 1.42. The quantitative estimate of drug-likeness (QED) is 0.406. The predicted molar refractivity (Wildman–Crippen MR) is 148 cm³/mol. The molecule has 5 rings (SSSR count). The Morgan fingerprint density at radius 3 is 2.65 bits per heavy atom. The Labute approximate surface area is 217 Å². The molecule has 1 aromatic carbocycles. The summed E-state index contributed by atoms with van der Waals surface area (Å²) in [5, 5.41) is 5.20. The molecule has 3 heterocycles. The molecule has 1 amide bonds. The molecule has 194 valence electrons. The number of aromatic nitrogens is 4. The maximum absolute atomic E-state index is 13.4. The molecule has 0 spiro atoms. The van der Waals surface area contributed by atoms with Gasteiger partial charge in [0.25, 0.3) is 5.91 Å². The zero-order chi connectivity index (χ0) is 26.5. The maximum Gasteiger partial charge on any atom is 0.330 e. The van der Waals surface area contributed by atoms with Crippen LogP contribution in [0.3, 0.4) is 0 Å². The highest BCUT2D eigenvalue weighted by Gasteiger charge is 2.38. The van der Waals surface area contributed by atoms with E-state index < -0.39 is 0 Å². The van der Waals surface area contributed by atoms with Crippen molar-refractivity contribution in [3.8, 4) is 0 Å². The fourth-order valence-electron chi connectivity index (χ4n) is 5.64. The third-order valence-electron chi connectivity index (χ3n) is 7.87. The van der Waals surface area contributed by atoms with Crippen molar-refractivity contribution >= 4 is 27.8 Å². The van der Waals surface area contributed by atoms with E-state index in [9.17, 15) is 9.59 Å². The summed E-state index contributed by atoms with van der Waals surface area (Å²) in [5.74, 6) is 0.113. The van der Waals surface area contributed by atoms with E-state index in [1.165, 1.54) is 0 Å². The average Bonchev–Trinajstić information content (AvgIpc) is 3.08. The van der Waals surface area contributed by atoms with E-state index in [1.54, 1.807) is 24.0 Å². The lowest BCUT2D eigenvalue weighted by Gasteiger charge is -2.42.